The average Bonchev–Trinajstić information content (AvgIpc) is 2.71. The Hall–Kier alpha value is -1.82. The van der Waals surface area contributed by atoms with E-state index in [9.17, 15) is 4.79 Å². The van der Waals surface area contributed by atoms with Crippen LogP contribution >= 0.6 is 12.2 Å². The standard InChI is InChI=1S/C13H17N3O2S/c1-3-14-12(17)6-7-16-11-8-9(18-2)4-5-10(11)15-13(16)19/h4-5,8H,3,6-7H2,1-2H3,(H,14,17)(H,15,19). The lowest BCUT2D eigenvalue weighted by Gasteiger charge is -2.06. The Morgan fingerprint density at radius 2 is 2.32 bits per heavy atom. The fraction of sp³-hybridized carbons (Fsp3) is 0.385. The van der Waals surface area contributed by atoms with E-state index in [0.29, 0.717) is 24.3 Å². The Bertz CT molecular complexity index is 645. The second-order valence-corrected chi connectivity index (χ2v) is 4.56. The number of nitrogens with zero attached hydrogens (tertiary/aromatic N) is 1. The van der Waals surface area contributed by atoms with Gasteiger partial charge in [0.1, 0.15) is 5.75 Å². The second kappa shape index (κ2) is 5.88. The molecule has 0 radical (unpaired) electrons. The first-order valence-corrected chi connectivity index (χ1v) is 6.59. The maximum Gasteiger partial charge on any atom is 0.221 e. The van der Waals surface area contributed by atoms with E-state index in [2.05, 4.69) is 10.3 Å². The number of nitrogens with one attached hydrogen (secondary N) is 2. The van der Waals surface area contributed by atoms with Gasteiger partial charge >= 0.3 is 0 Å². The summed E-state index contributed by atoms with van der Waals surface area (Å²) in [5.74, 6) is 0.801. The number of hydrogen-bond donors (Lipinski definition) is 2. The van der Waals surface area contributed by atoms with Crippen molar-refractivity contribution in [2.75, 3.05) is 13.7 Å². The number of methoxy groups -OCH3 is 1. The van der Waals surface area contributed by atoms with Crippen LogP contribution in [-0.4, -0.2) is 29.1 Å². The molecule has 0 aliphatic rings. The third-order valence-corrected chi connectivity index (χ3v) is 3.24. The van der Waals surface area contributed by atoms with Gasteiger partial charge in [-0.25, -0.2) is 0 Å². The maximum atomic E-state index is 11.5. The summed E-state index contributed by atoms with van der Waals surface area (Å²) in [5.41, 5.74) is 1.90. The van der Waals surface area contributed by atoms with Gasteiger partial charge in [-0.1, -0.05) is 0 Å². The molecule has 6 heteroatoms. The van der Waals surface area contributed by atoms with Crippen LogP contribution in [0.2, 0.25) is 0 Å². The number of carbonyl (C=O) groups is 1. The highest BCUT2D eigenvalue weighted by Gasteiger charge is 2.07. The van der Waals surface area contributed by atoms with Gasteiger partial charge in [-0.15, -0.1) is 0 Å². The second-order valence-electron chi connectivity index (χ2n) is 4.17. The van der Waals surface area contributed by atoms with Crippen LogP contribution in [0.15, 0.2) is 18.2 Å². The van der Waals surface area contributed by atoms with Gasteiger partial charge in [0, 0.05) is 25.6 Å². The number of fused-ring (bicyclic) bond motifs is 1. The molecule has 1 amide bonds. The zero-order valence-corrected chi connectivity index (χ0v) is 11.8. The van der Waals surface area contributed by atoms with Gasteiger partial charge in [0.25, 0.3) is 0 Å². The number of aryl methyl sites for hydroxylation is 1. The normalized spacial score (nSPS) is 10.6. The topological polar surface area (TPSA) is 59.0 Å². The van der Waals surface area contributed by atoms with Crippen LogP contribution in [0.3, 0.4) is 0 Å². The molecule has 0 bridgehead atoms. The zero-order chi connectivity index (χ0) is 13.8. The molecule has 1 aromatic heterocycles. The molecule has 2 rings (SSSR count). The minimum Gasteiger partial charge on any atom is -0.497 e. The van der Waals surface area contributed by atoms with Gasteiger partial charge in [0.2, 0.25) is 5.91 Å². The zero-order valence-electron chi connectivity index (χ0n) is 11.0. The lowest BCUT2D eigenvalue weighted by Crippen LogP contribution is -2.23. The van der Waals surface area contributed by atoms with E-state index in [1.54, 1.807) is 7.11 Å². The van der Waals surface area contributed by atoms with Gasteiger partial charge in [-0.2, -0.15) is 0 Å². The summed E-state index contributed by atoms with van der Waals surface area (Å²) in [6.07, 6.45) is 0.409. The number of hydrogen-bond acceptors (Lipinski definition) is 3. The lowest BCUT2D eigenvalue weighted by molar-refractivity contribution is -0.121. The van der Waals surface area contributed by atoms with Crippen LogP contribution in [0.4, 0.5) is 0 Å². The largest absolute Gasteiger partial charge is 0.497 e. The molecule has 1 heterocycles. The Morgan fingerprint density at radius 3 is 3.00 bits per heavy atom. The summed E-state index contributed by atoms with van der Waals surface area (Å²) >= 11 is 5.28. The number of amides is 1. The molecule has 102 valence electrons. The van der Waals surface area contributed by atoms with E-state index in [0.717, 1.165) is 16.8 Å². The van der Waals surface area contributed by atoms with E-state index < -0.39 is 0 Å². The molecule has 2 N–H and O–H groups in total. The summed E-state index contributed by atoms with van der Waals surface area (Å²) in [7, 11) is 1.63. The van der Waals surface area contributed by atoms with Crippen LogP contribution in [0.25, 0.3) is 11.0 Å². The Labute approximate surface area is 116 Å². The van der Waals surface area contributed by atoms with Crippen molar-refractivity contribution >= 4 is 29.2 Å². The molecule has 5 nitrogen and oxygen atoms in total. The van der Waals surface area contributed by atoms with Crippen LogP contribution < -0.4 is 10.1 Å². The molecular formula is C13H17N3O2S. The first-order chi connectivity index (χ1) is 9.15. The molecule has 0 saturated carbocycles. The van der Waals surface area contributed by atoms with E-state index in [1.807, 2.05) is 29.7 Å². The van der Waals surface area contributed by atoms with Crippen molar-refractivity contribution in [1.29, 1.82) is 0 Å². The Balaban J connectivity index is 2.28. The molecule has 1 aromatic carbocycles. The first kappa shape index (κ1) is 13.6. The van der Waals surface area contributed by atoms with Crippen molar-refractivity contribution in [3.63, 3.8) is 0 Å². The molecule has 0 aliphatic carbocycles. The molecule has 0 aliphatic heterocycles. The fourth-order valence-electron chi connectivity index (χ4n) is 1.98. The number of H-pyrrole nitrogens is 1. The minimum absolute atomic E-state index is 0.0293. The number of aromatic nitrogens is 2. The van der Waals surface area contributed by atoms with Crippen molar-refractivity contribution in [3.8, 4) is 5.75 Å². The van der Waals surface area contributed by atoms with Gasteiger partial charge in [-0.05, 0) is 31.3 Å². The van der Waals surface area contributed by atoms with Gasteiger partial charge in [0.15, 0.2) is 4.77 Å². The fourth-order valence-corrected chi connectivity index (χ4v) is 2.28. The Morgan fingerprint density at radius 1 is 1.53 bits per heavy atom. The number of ether oxygens (including phenoxy) is 1. The highest BCUT2D eigenvalue weighted by Crippen LogP contribution is 2.20. The quantitative estimate of drug-likeness (QED) is 0.825. The molecule has 0 unspecified atom stereocenters. The summed E-state index contributed by atoms with van der Waals surface area (Å²) < 4.78 is 7.75. The molecule has 0 spiro atoms. The van der Waals surface area contributed by atoms with E-state index in [4.69, 9.17) is 17.0 Å². The first-order valence-electron chi connectivity index (χ1n) is 6.19. The highest BCUT2D eigenvalue weighted by atomic mass is 32.1. The molecular weight excluding hydrogens is 262 g/mol. The molecule has 19 heavy (non-hydrogen) atoms. The third-order valence-electron chi connectivity index (χ3n) is 2.92. The SMILES string of the molecule is CCNC(=O)CCn1c(=S)[nH]c2ccc(OC)cc21. The molecule has 0 fully saturated rings. The predicted octanol–water partition coefficient (Wildman–Crippen LogP) is 2.23. The number of imidazole rings is 1. The summed E-state index contributed by atoms with van der Waals surface area (Å²) in [6, 6.07) is 5.72. The summed E-state index contributed by atoms with van der Waals surface area (Å²) in [6.45, 7) is 3.10. The van der Waals surface area contributed by atoms with E-state index in [1.165, 1.54) is 0 Å². The number of benzene rings is 1. The van der Waals surface area contributed by atoms with Crippen molar-refractivity contribution in [1.82, 2.24) is 14.9 Å². The van der Waals surface area contributed by atoms with Crippen molar-refractivity contribution < 1.29 is 9.53 Å². The van der Waals surface area contributed by atoms with Crippen molar-refractivity contribution in [2.24, 2.45) is 0 Å². The number of aromatic amines is 1. The predicted molar refractivity (Wildman–Crippen MR) is 77.0 cm³/mol. The number of rotatable bonds is 5. The van der Waals surface area contributed by atoms with Crippen molar-refractivity contribution in [2.45, 2.75) is 19.9 Å². The minimum atomic E-state index is 0.0293. The Kier molecular flexibility index (Phi) is 4.21. The van der Waals surface area contributed by atoms with Crippen LogP contribution in [-0.2, 0) is 11.3 Å². The van der Waals surface area contributed by atoms with E-state index in [-0.39, 0.29) is 5.91 Å². The summed E-state index contributed by atoms with van der Waals surface area (Å²) in [4.78, 5) is 14.6. The van der Waals surface area contributed by atoms with Crippen molar-refractivity contribution in [3.05, 3.63) is 23.0 Å². The smallest absolute Gasteiger partial charge is 0.221 e. The van der Waals surface area contributed by atoms with Crippen LogP contribution in [0.5, 0.6) is 5.75 Å². The number of carbonyl (C=O) groups excluding carboxylic acids is 1. The molecule has 2 aromatic rings. The van der Waals surface area contributed by atoms with E-state index >= 15 is 0 Å². The van der Waals surface area contributed by atoms with Crippen LogP contribution in [0, 0.1) is 4.77 Å². The third kappa shape index (κ3) is 2.96. The van der Waals surface area contributed by atoms with Crippen LogP contribution in [0.1, 0.15) is 13.3 Å². The molecule has 0 atom stereocenters. The highest BCUT2D eigenvalue weighted by molar-refractivity contribution is 7.71. The average molecular weight is 279 g/mol. The molecule has 0 saturated heterocycles. The summed E-state index contributed by atoms with van der Waals surface area (Å²) in [5, 5.41) is 2.78. The lowest BCUT2D eigenvalue weighted by atomic mass is 10.3. The van der Waals surface area contributed by atoms with Gasteiger partial charge < -0.3 is 19.6 Å². The van der Waals surface area contributed by atoms with Gasteiger partial charge in [0.05, 0.1) is 18.1 Å². The maximum absolute atomic E-state index is 11.5. The monoisotopic (exact) mass is 279 g/mol. The van der Waals surface area contributed by atoms with Gasteiger partial charge in [-0.3, -0.25) is 4.79 Å².